The Balaban J connectivity index is 1.05. The zero-order valence-corrected chi connectivity index (χ0v) is 32.7. The van der Waals surface area contributed by atoms with Crippen LogP contribution >= 0.6 is 0 Å². The molecule has 0 spiro atoms. The molecule has 5 aromatic rings. The van der Waals surface area contributed by atoms with Crippen LogP contribution in [0.5, 0.6) is 5.75 Å². The number of piperazine rings is 1. The molecule has 8 heteroatoms. The van der Waals surface area contributed by atoms with Crippen LogP contribution in [0.3, 0.4) is 0 Å². The predicted octanol–water partition coefficient (Wildman–Crippen LogP) is 9.34. The molecule has 55 heavy (non-hydrogen) atoms. The van der Waals surface area contributed by atoms with Gasteiger partial charge in [0, 0.05) is 57.4 Å². The minimum absolute atomic E-state index is 0.0895. The Morgan fingerprint density at radius 3 is 2.22 bits per heavy atom. The van der Waals surface area contributed by atoms with Crippen molar-refractivity contribution in [2.75, 3.05) is 63.7 Å². The molecule has 1 aromatic heterocycles. The Hall–Kier alpha value is -4.66. The first kappa shape index (κ1) is 37.3. The second-order valence-corrected chi connectivity index (χ2v) is 16.1. The number of hydrogen-bond donors (Lipinski definition) is 0. The van der Waals surface area contributed by atoms with E-state index in [0.29, 0.717) is 11.8 Å². The van der Waals surface area contributed by atoms with E-state index in [4.69, 9.17) is 14.1 Å². The van der Waals surface area contributed by atoms with Crippen LogP contribution in [0.4, 0.5) is 16.0 Å². The molecule has 0 N–H and O–H groups in total. The lowest BCUT2D eigenvalue weighted by Gasteiger charge is -2.40. The van der Waals surface area contributed by atoms with Crippen LogP contribution in [-0.2, 0) is 19.4 Å². The summed E-state index contributed by atoms with van der Waals surface area (Å²) in [6, 6.07) is 35.5. The second-order valence-electron chi connectivity index (χ2n) is 16.1. The number of halogens is 1. The fourth-order valence-corrected chi connectivity index (χ4v) is 9.54. The van der Waals surface area contributed by atoms with E-state index in [1.54, 1.807) is 19.2 Å². The number of aromatic nitrogens is 1. The van der Waals surface area contributed by atoms with Crippen molar-refractivity contribution in [3.8, 4) is 5.75 Å². The van der Waals surface area contributed by atoms with Crippen LogP contribution in [0.15, 0.2) is 108 Å². The summed E-state index contributed by atoms with van der Waals surface area (Å²) in [4.78, 5) is 15.3. The number of methoxy groups -OCH3 is 1. The smallest absolute Gasteiger partial charge is 0.220 e. The average molecular weight is 742 g/mol. The standard InChI is InChI=1S/C47H56FN5O2/c1-50(2)45(38-14-9-15-40(48)32-38)37-18-16-35(17-19-37)31-44(53-25-24-36-12-7-8-13-39(36)33-53)46-49-43(30-34-10-5-4-6-11-34)47(55-46)52-28-26-51(27-29-52)41-20-22-42(54-3)23-21-41/h4-15,20-23,32,35,37,44-45H,16-19,24-31,33H2,1-3H3. The molecular weight excluding hydrogens is 686 g/mol. The number of fused-ring (bicyclic) bond motifs is 1. The number of benzene rings is 4. The number of hydrogen-bond acceptors (Lipinski definition) is 7. The summed E-state index contributed by atoms with van der Waals surface area (Å²) in [5, 5.41) is 0. The van der Waals surface area contributed by atoms with E-state index in [1.807, 2.05) is 18.2 Å². The van der Waals surface area contributed by atoms with E-state index in [0.717, 1.165) is 113 Å². The summed E-state index contributed by atoms with van der Waals surface area (Å²) in [5.74, 6) is 3.59. The summed E-state index contributed by atoms with van der Waals surface area (Å²) < 4.78 is 26.8. The number of nitrogens with zero attached hydrogens (tertiary/aromatic N) is 5. The molecule has 0 bridgehead atoms. The Bertz CT molecular complexity index is 1980. The van der Waals surface area contributed by atoms with Crippen LogP contribution < -0.4 is 14.5 Å². The second kappa shape index (κ2) is 17.0. The minimum atomic E-state index is -0.153. The highest BCUT2D eigenvalue weighted by molar-refractivity contribution is 5.52. The summed E-state index contributed by atoms with van der Waals surface area (Å²) in [6.45, 7) is 5.45. The van der Waals surface area contributed by atoms with E-state index in [9.17, 15) is 4.39 Å². The molecule has 2 atom stereocenters. The maximum Gasteiger partial charge on any atom is 0.220 e. The molecule has 8 rings (SSSR count). The molecule has 7 nitrogen and oxygen atoms in total. The van der Waals surface area contributed by atoms with Gasteiger partial charge in [-0.05, 0) is 110 Å². The maximum absolute atomic E-state index is 14.3. The Labute approximate surface area is 326 Å². The van der Waals surface area contributed by atoms with Crippen molar-refractivity contribution >= 4 is 11.6 Å². The van der Waals surface area contributed by atoms with Gasteiger partial charge in [-0.15, -0.1) is 0 Å². The van der Waals surface area contributed by atoms with Gasteiger partial charge in [-0.1, -0.05) is 79.6 Å². The summed E-state index contributed by atoms with van der Waals surface area (Å²) >= 11 is 0. The molecule has 4 aromatic carbocycles. The molecule has 1 saturated carbocycles. The molecule has 2 fully saturated rings. The third-order valence-corrected chi connectivity index (χ3v) is 12.4. The van der Waals surface area contributed by atoms with Crippen molar-refractivity contribution in [1.82, 2.24) is 14.8 Å². The SMILES string of the molecule is COc1ccc(N2CCN(c3oc(C(CC4CCC(C(c5cccc(F)c5)N(C)C)CC4)N4CCc5ccccc5C4)nc3Cc3ccccc3)CC2)cc1. The van der Waals surface area contributed by atoms with Gasteiger partial charge in [-0.3, -0.25) is 4.90 Å². The minimum Gasteiger partial charge on any atom is -0.497 e. The van der Waals surface area contributed by atoms with Crippen molar-refractivity contribution in [1.29, 1.82) is 0 Å². The molecule has 3 heterocycles. The highest BCUT2D eigenvalue weighted by atomic mass is 19.1. The highest BCUT2D eigenvalue weighted by Crippen LogP contribution is 2.44. The van der Waals surface area contributed by atoms with Gasteiger partial charge < -0.3 is 23.9 Å². The number of rotatable bonds is 12. The van der Waals surface area contributed by atoms with E-state index in [1.165, 1.54) is 22.4 Å². The first-order valence-electron chi connectivity index (χ1n) is 20.3. The zero-order chi connectivity index (χ0) is 37.7. The van der Waals surface area contributed by atoms with Crippen molar-refractivity contribution < 1.29 is 13.5 Å². The van der Waals surface area contributed by atoms with Gasteiger partial charge in [0.2, 0.25) is 11.8 Å². The lowest BCUT2D eigenvalue weighted by atomic mass is 9.74. The van der Waals surface area contributed by atoms with Gasteiger partial charge in [-0.2, -0.15) is 0 Å². The molecule has 0 amide bonds. The molecule has 1 aliphatic carbocycles. The Kier molecular flexibility index (Phi) is 11.5. The van der Waals surface area contributed by atoms with Gasteiger partial charge >= 0.3 is 0 Å². The largest absolute Gasteiger partial charge is 0.497 e. The number of ether oxygens (including phenoxy) is 1. The summed E-state index contributed by atoms with van der Waals surface area (Å²) in [6.07, 6.45) is 7.38. The van der Waals surface area contributed by atoms with Crippen molar-refractivity contribution in [3.05, 3.63) is 143 Å². The third kappa shape index (κ3) is 8.61. The Morgan fingerprint density at radius 2 is 1.51 bits per heavy atom. The van der Waals surface area contributed by atoms with Crippen LogP contribution in [0, 0.1) is 17.7 Å². The van der Waals surface area contributed by atoms with Gasteiger partial charge in [0.15, 0.2) is 0 Å². The molecule has 3 aliphatic rings. The van der Waals surface area contributed by atoms with Crippen LogP contribution in [0.1, 0.15) is 78.0 Å². The topological polar surface area (TPSA) is 48.2 Å². The lowest BCUT2D eigenvalue weighted by molar-refractivity contribution is 0.0990. The molecule has 0 radical (unpaired) electrons. The molecule has 288 valence electrons. The van der Waals surface area contributed by atoms with Crippen LogP contribution in [-0.4, -0.2) is 68.7 Å². The van der Waals surface area contributed by atoms with E-state index >= 15 is 0 Å². The fourth-order valence-electron chi connectivity index (χ4n) is 9.54. The predicted molar refractivity (Wildman–Crippen MR) is 219 cm³/mol. The van der Waals surface area contributed by atoms with E-state index in [-0.39, 0.29) is 17.9 Å². The Morgan fingerprint density at radius 1 is 0.800 bits per heavy atom. The molecular formula is C47H56FN5O2. The van der Waals surface area contributed by atoms with Crippen molar-refractivity contribution in [3.63, 3.8) is 0 Å². The van der Waals surface area contributed by atoms with Crippen LogP contribution in [0.2, 0.25) is 0 Å². The molecule has 2 unspecified atom stereocenters. The van der Waals surface area contributed by atoms with E-state index < -0.39 is 0 Å². The molecule has 2 aliphatic heterocycles. The van der Waals surface area contributed by atoms with Gasteiger partial charge in [-0.25, -0.2) is 9.37 Å². The monoisotopic (exact) mass is 741 g/mol. The van der Waals surface area contributed by atoms with Crippen LogP contribution in [0.25, 0.3) is 0 Å². The first-order chi connectivity index (χ1) is 26.9. The maximum atomic E-state index is 14.3. The normalized spacial score (nSPS) is 20.3. The van der Waals surface area contributed by atoms with E-state index in [2.05, 4.69) is 106 Å². The van der Waals surface area contributed by atoms with Gasteiger partial charge in [0.05, 0.1) is 13.2 Å². The van der Waals surface area contributed by atoms with Gasteiger partial charge in [0.1, 0.15) is 17.3 Å². The lowest BCUT2D eigenvalue weighted by Crippen LogP contribution is -2.46. The summed E-state index contributed by atoms with van der Waals surface area (Å²) in [7, 11) is 5.99. The quantitative estimate of drug-likeness (QED) is 0.126. The third-order valence-electron chi connectivity index (χ3n) is 12.4. The highest BCUT2D eigenvalue weighted by Gasteiger charge is 2.36. The number of anilines is 2. The zero-order valence-electron chi connectivity index (χ0n) is 32.7. The fraction of sp³-hybridized carbons (Fsp3) is 0.426. The summed E-state index contributed by atoms with van der Waals surface area (Å²) in [5.41, 5.74) is 7.46. The number of oxazole rings is 1. The molecule has 1 saturated heterocycles. The average Bonchev–Trinajstić information content (AvgIpc) is 3.64. The first-order valence-corrected chi connectivity index (χ1v) is 20.3. The van der Waals surface area contributed by atoms with Crippen molar-refractivity contribution in [2.24, 2.45) is 11.8 Å². The van der Waals surface area contributed by atoms with Gasteiger partial charge in [0.25, 0.3) is 0 Å². The van der Waals surface area contributed by atoms with Crippen molar-refractivity contribution in [2.45, 2.75) is 63.6 Å².